The summed E-state index contributed by atoms with van der Waals surface area (Å²) in [6, 6.07) is 12.4. The van der Waals surface area contributed by atoms with Gasteiger partial charge in [0.2, 0.25) is 5.91 Å². The summed E-state index contributed by atoms with van der Waals surface area (Å²) in [5.74, 6) is 0.706. The highest BCUT2D eigenvalue weighted by atomic mass is 16.2. The van der Waals surface area contributed by atoms with Crippen LogP contribution in [0, 0.1) is 5.92 Å². The predicted octanol–water partition coefficient (Wildman–Crippen LogP) is 2.75. The molecule has 0 unspecified atom stereocenters. The molecule has 126 valence electrons. The third-order valence-corrected chi connectivity index (χ3v) is 4.41. The van der Waals surface area contributed by atoms with Crippen LogP contribution in [-0.2, 0) is 11.2 Å². The first-order chi connectivity index (χ1) is 11.6. The van der Waals surface area contributed by atoms with Gasteiger partial charge in [-0.3, -0.25) is 14.7 Å². The number of aromatic nitrogens is 1. The number of rotatable bonds is 5. The summed E-state index contributed by atoms with van der Waals surface area (Å²) in [5.41, 5.74) is 3.51. The number of nitrogens with zero attached hydrogens (tertiary/aromatic N) is 2. The van der Waals surface area contributed by atoms with Crippen molar-refractivity contribution in [2.24, 2.45) is 5.92 Å². The average Bonchev–Trinajstić information content (AvgIpc) is 2.59. The van der Waals surface area contributed by atoms with Gasteiger partial charge in [0.15, 0.2) is 0 Å². The molecule has 2 aromatic rings. The molecule has 24 heavy (non-hydrogen) atoms. The summed E-state index contributed by atoms with van der Waals surface area (Å²) in [5, 5.41) is 3.01. The largest absolute Gasteiger partial charge is 0.353 e. The molecule has 0 saturated carbocycles. The highest BCUT2D eigenvalue weighted by Crippen LogP contribution is 2.21. The summed E-state index contributed by atoms with van der Waals surface area (Å²) in [4.78, 5) is 18.8. The second-order valence-electron chi connectivity index (χ2n) is 6.84. The van der Waals surface area contributed by atoms with E-state index in [1.54, 1.807) is 12.4 Å². The van der Waals surface area contributed by atoms with Crippen LogP contribution in [0.1, 0.15) is 19.4 Å². The number of benzene rings is 1. The molecule has 0 radical (unpaired) electrons. The van der Waals surface area contributed by atoms with E-state index in [1.807, 2.05) is 12.1 Å². The van der Waals surface area contributed by atoms with Crippen molar-refractivity contribution in [2.75, 3.05) is 19.6 Å². The molecule has 1 aliphatic rings. The first-order valence-corrected chi connectivity index (χ1v) is 8.64. The minimum absolute atomic E-state index is 0.0751. The molecular formula is C20H25N3O. The van der Waals surface area contributed by atoms with Crippen molar-refractivity contribution in [1.82, 2.24) is 15.2 Å². The summed E-state index contributed by atoms with van der Waals surface area (Å²) in [6.07, 6.45) is 4.36. The van der Waals surface area contributed by atoms with Crippen LogP contribution in [0.15, 0.2) is 48.8 Å². The lowest BCUT2D eigenvalue weighted by molar-refractivity contribution is -0.129. The zero-order valence-electron chi connectivity index (χ0n) is 14.4. The van der Waals surface area contributed by atoms with Gasteiger partial charge in [-0.25, -0.2) is 0 Å². The zero-order chi connectivity index (χ0) is 16.9. The van der Waals surface area contributed by atoms with Gasteiger partial charge in [0.25, 0.3) is 0 Å². The van der Waals surface area contributed by atoms with Gasteiger partial charge in [0, 0.05) is 32.0 Å². The van der Waals surface area contributed by atoms with Gasteiger partial charge in [-0.15, -0.1) is 0 Å². The molecule has 3 rings (SSSR count). The van der Waals surface area contributed by atoms with Crippen LogP contribution in [-0.4, -0.2) is 41.5 Å². The minimum atomic E-state index is -0.0751. The standard InChI is InChI=1S/C20H25N3O/c1-15(2)14-23-11-10-22-20(24)19(23)13-16-4-3-5-18(12-16)17-6-8-21-9-7-17/h3-9,12,15,19H,10-11,13-14H2,1-2H3,(H,22,24)/t19-/m1/s1. The van der Waals surface area contributed by atoms with Crippen LogP contribution < -0.4 is 5.32 Å². The lowest BCUT2D eigenvalue weighted by atomic mass is 9.97. The summed E-state index contributed by atoms with van der Waals surface area (Å²) in [6.45, 7) is 7.04. The number of hydrogen-bond acceptors (Lipinski definition) is 3. The van der Waals surface area contributed by atoms with E-state index in [0.29, 0.717) is 5.92 Å². The van der Waals surface area contributed by atoms with E-state index in [4.69, 9.17) is 0 Å². The fourth-order valence-corrected chi connectivity index (χ4v) is 3.32. The molecule has 4 nitrogen and oxygen atoms in total. The van der Waals surface area contributed by atoms with Crippen molar-refractivity contribution in [2.45, 2.75) is 26.3 Å². The van der Waals surface area contributed by atoms with Gasteiger partial charge in [0.05, 0.1) is 6.04 Å². The number of carbonyl (C=O) groups excluding carboxylic acids is 1. The second-order valence-corrected chi connectivity index (χ2v) is 6.84. The van der Waals surface area contributed by atoms with Crippen LogP contribution in [0.3, 0.4) is 0 Å². The quantitative estimate of drug-likeness (QED) is 0.920. The Hall–Kier alpha value is -2.20. The van der Waals surface area contributed by atoms with Gasteiger partial charge < -0.3 is 5.32 Å². The predicted molar refractivity (Wildman–Crippen MR) is 96.6 cm³/mol. The summed E-state index contributed by atoms with van der Waals surface area (Å²) in [7, 11) is 0. The Balaban J connectivity index is 1.80. The molecule has 1 atom stereocenters. The molecule has 1 N–H and O–H groups in total. The normalized spacial score (nSPS) is 18.6. The maximum Gasteiger partial charge on any atom is 0.237 e. The Morgan fingerprint density at radius 1 is 1.21 bits per heavy atom. The Kier molecular flexibility index (Phi) is 5.26. The number of amides is 1. The zero-order valence-corrected chi connectivity index (χ0v) is 14.4. The molecule has 1 saturated heterocycles. The molecule has 0 bridgehead atoms. The van der Waals surface area contributed by atoms with E-state index in [9.17, 15) is 4.79 Å². The molecule has 2 heterocycles. The molecule has 0 aliphatic carbocycles. The van der Waals surface area contributed by atoms with E-state index in [2.05, 4.69) is 53.3 Å². The van der Waals surface area contributed by atoms with Gasteiger partial charge in [-0.05, 0) is 41.2 Å². The third kappa shape index (κ3) is 4.01. The van der Waals surface area contributed by atoms with Crippen molar-refractivity contribution in [1.29, 1.82) is 0 Å². The molecule has 1 aromatic carbocycles. The third-order valence-electron chi connectivity index (χ3n) is 4.41. The maximum absolute atomic E-state index is 12.4. The summed E-state index contributed by atoms with van der Waals surface area (Å²) >= 11 is 0. The van der Waals surface area contributed by atoms with Crippen LogP contribution >= 0.6 is 0 Å². The van der Waals surface area contributed by atoms with Crippen molar-refractivity contribution in [3.05, 3.63) is 54.4 Å². The number of nitrogens with one attached hydrogen (secondary N) is 1. The highest BCUT2D eigenvalue weighted by molar-refractivity contribution is 5.83. The topological polar surface area (TPSA) is 45.2 Å². The molecule has 1 aliphatic heterocycles. The van der Waals surface area contributed by atoms with Crippen LogP contribution in [0.4, 0.5) is 0 Å². The summed E-state index contributed by atoms with van der Waals surface area (Å²) < 4.78 is 0. The SMILES string of the molecule is CC(C)CN1CCNC(=O)[C@H]1Cc1cccc(-c2ccncc2)c1. The fraction of sp³-hybridized carbons (Fsp3) is 0.400. The van der Waals surface area contributed by atoms with E-state index in [-0.39, 0.29) is 11.9 Å². The van der Waals surface area contributed by atoms with E-state index >= 15 is 0 Å². The van der Waals surface area contributed by atoms with E-state index in [0.717, 1.165) is 31.6 Å². The molecular weight excluding hydrogens is 298 g/mol. The number of pyridine rings is 1. The van der Waals surface area contributed by atoms with Gasteiger partial charge in [0.1, 0.15) is 0 Å². The van der Waals surface area contributed by atoms with Crippen LogP contribution in [0.25, 0.3) is 11.1 Å². The fourth-order valence-electron chi connectivity index (χ4n) is 3.32. The smallest absolute Gasteiger partial charge is 0.237 e. The Morgan fingerprint density at radius 2 is 2.00 bits per heavy atom. The van der Waals surface area contributed by atoms with E-state index in [1.165, 1.54) is 11.1 Å². The molecule has 1 fully saturated rings. The first kappa shape index (κ1) is 16.7. The Labute approximate surface area is 143 Å². The van der Waals surface area contributed by atoms with Crippen molar-refractivity contribution in [3.8, 4) is 11.1 Å². The number of piperazine rings is 1. The van der Waals surface area contributed by atoms with Gasteiger partial charge in [-0.1, -0.05) is 38.1 Å². The van der Waals surface area contributed by atoms with Crippen molar-refractivity contribution < 1.29 is 4.79 Å². The highest BCUT2D eigenvalue weighted by Gasteiger charge is 2.29. The lowest BCUT2D eigenvalue weighted by Crippen LogP contribution is -2.56. The Bertz CT molecular complexity index is 684. The average molecular weight is 323 g/mol. The monoisotopic (exact) mass is 323 g/mol. The lowest BCUT2D eigenvalue weighted by Gasteiger charge is -2.36. The first-order valence-electron chi connectivity index (χ1n) is 8.64. The number of hydrogen-bond donors (Lipinski definition) is 1. The van der Waals surface area contributed by atoms with Crippen molar-refractivity contribution in [3.63, 3.8) is 0 Å². The maximum atomic E-state index is 12.4. The molecule has 4 heteroatoms. The Morgan fingerprint density at radius 3 is 2.75 bits per heavy atom. The van der Waals surface area contributed by atoms with Crippen LogP contribution in [0.5, 0.6) is 0 Å². The van der Waals surface area contributed by atoms with Gasteiger partial charge in [-0.2, -0.15) is 0 Å². The molecule has 1 aromatic heterocycles. The minimum Gasteiger partial charge on any atom is -0.353 e. The van der Waals surface area contributed by atoms with Crippen molar-refractivity contribution >= 4 is 5.91 Å². The van der Waals surface area contributed by atoms with E-state index < -0.39 is 0 Å². The second kappa shape index (κ2) is 7.58. The molecule has 0 spiro atoms. The number of carbonyl (C=O) groups is 1. The molecule has 1 amide bonds. The van der Waals surface area contributed by atoms with Gasteiger partial charge >= 0.3 is 0 Å². The van der Waals surface area contributed by atoms with Crippen LogP contribution in [0.2, 0.25) is 0 Å².